The van der Waals surface area contributed by atoms with Gasteiger partial charge >= 0.3 is 0 Å². The molecular formula is C25H33N3O4S. The average molecular weight is 472 g/mol. The van der Waals surface area contributed by atoms with E-state index in [0.717, 1.165) is 18.7 Å². The number of anilines is 1. The zero-order chi connectivity index (χ0) is 23.4. The van der Waals surface area contributed by atoms with Gasteiger partial charge in [-0.3, -0.25) is 4.79 Å². The Morgan fingerprint density at radius 1 is 1.03 bits per heavy atom. The van der Waals surface area contributed by atoms with Crippen molar-refractivity contribution in [2.75, 3.05) is 44.3 Å². The molecule has 1 N–H and O–H groups in total. The van der Waals surface area contributed by atoms with Crippen LogP contribution in [0.15, 0.2) is 53.4 Å². The van der Waals surface area contributed by atoms with Crippen LogP contribution < -0.4 is 10.2 Å². The maximum Gasteiger partial charge on any atom is 0.251 e. The van der Waals surface area contributed by atoms with Crippen molar-refractivity contribution in [1.29, 1.82) is 0 Å². The van der Waals surface area contributed by atoms with E-state index in [1.807, 2.05) is 6.92 Å². The second kappa shape index (κ2) is 10.2. The summed E-state index contributed by atoms with van der Waals surface area (Å²) in [4.78, 5) is 15.4. The Bertz CT molecular complexity index is 1050. The zero-order valence-corrected chi connectivity index (χ0v) is 20.2. The van der Waals surface area contributed by atoms with Gasteiger partial charge in [0.15, 0.2) is 0 Å². The zero-order valence-electron chi connectivity index (χ0n) is 19.4. The molecular weight excluding hydrogens is 438 g/mol. The third-order valence-electron chi connectivity index (χ3n) is 6.49. The largest absolute Gasteiger partial charge is 0.379 e. The summed E-state index contributed by atoms with van der Waals surface area (Å²) in [5, 5.41) is 3.01. The van der Waals surface area contributed by atoms with Gasteiger partial charge in [-0.2, -0.15) is 4.31 Å². The summed E-state index contributed by atoms with van der Waals surface area (Å²) in [6, 6.07) is 14.4. The summed E-state index contributed by atoms with van der Waals surface area (Å²) in [6.07, 6.45) is 2.51. The van der Waals surface area contributed by atoms with E-state index in [2.05, 4.69) is 41.4 Å². The minimum absolute atomic E-state index is 0.163. The van der Waals surface area contributed by atoms with Gasteiger partial charge in [0.1, 0.15) is 0 Å². The third-order valence-corrected chi connectivity index (χ3v) is 8.40. The van der Waals surface area contributed by atoms with E-state index in [9.17, 15) is 13.2 Å². The number of ether oxygens (including phenoxy) is 1. The Hall–Kier alpha value is -2.42. The molecule has 2 aromatic carbocycles. The number of nitrogens with zero attached hydrogens (tertiary/aromatic N) is 2. The minimum Gasteiger partial charge on any atom is -0.379 e. The lowest BCUT2D eigenvalue weighted by atomic mass is 9.99. The van der Waals surface area contributed by atoms with Crippen LogP contribution in [0.25, 0.3) is 0 Å². The first-order valence-corrected chi connectivity index (χ1v) is 13.1. The van der Waals surface area contributed by atoms with E-state index in [4.69, 9.17) is 4.74 Å². The molecule has 2 aliphatic rings. The van der Waals surface area contributed by atoms with Crippen LogP contribution in [0.1, 0.15) is 48.7 Å². The van der Waals surface area contributed by atoms with Crippen LogP contribution in [0.4, 0.5) is 5.69 Å². The van der Waals surface area contributed by atoms with E-state index in [0.29, 0.717) is 37.8 Å². The van der Waals surface area contributed by atoms with E-state index >= 15 is 0 Å². The molecule has 2 saturated heterocycles. The molecule has 0 aromatic heterocycles. The molecule has 33 heavy (non-hydrogen) atoms. The molecule has 2 aliphatic heterocycles. The van der Waals surface area contributed by atoms with Gasteiger partial charge in [0, 0.05) is 37.4 Å². The number of carbonyl (C=O) groups excluding carboxylic acids is 1. The highest BCUT2D eigenvalue weighted by molar-refractivity contribution is 7.89. The van der Waals surface area contributed by atoms with Crippen LogP contribution in [0.3, 0.4) is 0 Å². The molecule has 7 nitrogen and oxygen atoms in total. The molecule has 2 fully saturated rings. The Morgan fingerprint density at radius 2 is 1.70 bits per heavy atom. The number of morpholine rings is 1. The normalized spacial score (nSPS) is 20.9. The molecule has 4 rings (SSSR count). The summed E-state index contributed by atoms with van der Waals surface area (Å²) >= 11 is 0. The fraction of sp³-hybridized carbons (Fsp3) is 0.480. The standard InChI is InChI=1S/C25H33N3O4S/c1-19-4-3-13-27(18-19)23-9-5-21(6-10-23)20(2)26-25(29)22-7-11-24(12-8-22)33(30,31)28-14-16-32-17-15-28/h5-12,19-20H,3-4,13-18H2,1-2H3,(H,26,29)/t19-,20-/m0/s1. The second-order valence-corrected chi connectivity index (χ2v) is 11.0. The van der Waals surface area contributed by atoms with E-state index in [1.165, 1.54) is 35.0 Å². The van der Waals surface area contributed by atoms with Crippen molar-refractivity contribution in [2.45, 2.75) is 37.6 Å². The summed E-state index contributed by atoms with van der Waals surface area (Å²) in [6.45, 7) is 7.91. The molecule has 8 heteroatoms. The highest BCUT2D eigenvalue weighted by atomic mass is 32.2. The second-order valence-electron chi connectivity index (χ2n) is 9.02. The highest BCUT2D eigenvalue weighted by Gasteiger charge is 2.26. The molecule has 2 aromatic rings. The minimum atomic E-state index is -3.57. The van der Waals surface area contributed by atoms with Crippen molar-refractivity contribution in [3.8, 4) is 0 Å². The lowest BCUT2D eigenvalue weighted by molar-refractivity contribution is 0.0730. The highest BCUT2D eigenvalue weighted by Crippen LogP contribution is 2.25. The molecule has 0 radical (unpaired) electrons. The van der Waals surface area contributed by atoms with Crippen molar-refractivity contribution >= 4 is 21.6 Å². The first kappa shape index (κ1) is 23.7. The molecule has 0 unspecified atom stereocenters. The van der Waals surface area contributed by atoms with Crippen molar-refractivity contribution in [3.63, 3.8) is 0 Å². The molecule has 0 spiro atoms. The van der Waals surface area contributed by atoms with Crippen molar-refractivity contribution in [1.82, 2.24) is 9.62 Å². The number of nitrogens with one attached hydrogen (secondary N) is 1. The van der Waals surface area contributed by atoms with Crippen LogP contribution in [0.2, 0.25) is 0 Å². The van der Waals surface area contributed by atoms with Crippen molar-refractivity contribution in [2.24, 2.45) is 5.92 Å². The van der Waals surface area contributed by atoms with Gasteiger partial charge in [0.05, 0.1) is 24.2 Å². The Kier molecular flexibility index (Phi) is 7.36. The van der Waals surface area contributed by atoms with Crippen LogP contribution in [-0.2, 0) is 14.8 Å². The van der Waals surface area contributed by atoms with Crippen LogP contribution >= 0.6 is 0 Å². The summed E-state index contributed by atoms with van der Waals surface area (Å²) in [5.74, 6) is 0.485. The number of rotatable bonds is 6. The van der Waals surface area contributed by atoms with Gasteiger partial charge < -0.3 is 15.0 Å². The number of amides is 1. The quantitative estimate of drug-likeness (QED) is 0.698. The number of carbonyl (C=O) groups is 1. The van der Waals surface area contributed by atoms with Crippen LogP contribution in [0.5, 0.6) is 0 Å². The number of benzene rings is 2. The molecule has 1 amide bonds. The Balaban J connectivity index is 1.37. The van der Waals surface area contributed by atoms with Gasteiger partial charge in [0.2, 0.25) is 10.0 Å². The number of hydrogen-bond acceptors (Lipinski definition) is 5. The monoisotopic (exact) mass is 471 g/mol. The predicted octanol–water partition coefficient (Wildman–Crippen LogP) is 3.43. The fourth-order valence-corrected chi connectivity index (χ4v) is 5.88. The first-order valence-electron chi connectivity index (χ1n) is 11.7. The Morgan fingerprint density at radius 3 is 2.33 bits per heavy atom. The molecule has 2 heterocycles. The fourth-order valence-electron chi connectivity index (χ4n) is 4.48. The topological polar surface area (TPSA) is 79.0 Å². The molecule has 178 valence electrons. The van der Waals surface area contributed by atoms with E-state index in [1.54, 1.807) is 12.1 Å². The summed E-state index contributed by atoms with van der Waals surface area (Å²) < 4.78 is 32.2. The van der Waals surface area contributed by atoms with Gasteiger partial charge in [-0.15, -0.1) is 0 Å². The number of hydrogen-bond donors (Lipinski definition) is 1. The predicted molar refractivity (Wildman–Crippen MR) is 129 cm³/mol. The lowest BCUT2D eigenvalue weighted by Gasteiger charge is -2.33. The lowest BCUT2D eigenvalue weighted by Crippen LogP contribution is -2.40. The molecule has 0 aliphatic carbocycles. The van der Waals surface area contributed by atoms with Gasteiger partial charge in [-0.1, -0.05) is 19.1 Å². The smallest absolute Gasteiger partial charge is 0.251 e. The number of piperidine rings is 1. The Labute approximate surface area is 196 Å². The van der Waals surface area contributed by atoms with E-state index in [-0.39, 0.29) is 16.8 Å². The first-order chi connectivity index (χ1) is 15.8. The summed E-state index contributed by atoms with van der Waals surface area (Å²) in [7, 11) is -3.57. The van der Waals surface area contributed by atoms with Gasteiger partial charge in [-0.25, -0.2) is 8.42 Å². The van der Waals surface area contributed by atoms with Crippen LogP contribution in [-0.4, -0.2) is 58.0 Å². The number of sulfonamides is 1. The maximum absolute atomic E-state index is 12.8. The summed E-state index contributed by atoms with van der Waals surface area (Å²) in [5.41, 5.74) is 2.69. The maximum atomic E-state index is 12.8. The molecule has 0 saturated carbocycles. The third kappa shape index (κ3) is 5.57. The van der Waals surface area contributed by atoms with Gasteiger partial charge in [-0.05, 0) is 67.6 Å². The molecule has 0 bridgehead atoms. The van der Waals surface area contributed by atoms with Crippen molar-refractivity contribution < 1.29 is 17.9 Å². The van der Waals surface area contributed by atoms with Crippen molar-refractivity contribution in [3.05, 3.63) is 59.7 Å². The van der Waals surface area contributed by atoms with Crippen LogP contribution in [0, 0.1) is 5.92 Å². The SMILES string of the molecule is C[C@H]1CCCN(c2ccc([C@H](C)NC(=O)c3ccc(S(=O)(=O)N4CCOCC4)cc3)cc2)C1. The van der Waals surface area contributed by atoms with E-state index < -0.39 is 10.0 Å². The molecule has 2 atom stereocenters. The average Bonchev–Trinajstić information content (AvgIpc) is 2.84. The van der Waals surface area contributed by atoms with Gasteiger partial charge in [0.25, 0.3) is 5.91 Å².